The fraction of sp³-hybridized carbons (Fsp3) is 0.333. The van der Waals surface area contributed by atoms with Gasteiger partial charge in [0.15, 0.2) is 0 Å². The third-order valence-corrected chi connectivity index (χ3v) is 3.55. The molecule has 4 heteroatoms. The van der Waals surface area contributed by atoms with Crippen LogP contribution in [0.1, 0.15) is 18.4 Å². The summed E-state index contributed by atoms with van der Waals surface area (Å²) in [6, 6.07) is 9.98. The molecule has 1 aliphatic rings. The number of carbonyl (C=O) groups excluding carboxylic acids is 1. The van der Waals surface area contributed by atoms with E-state index < -0.39 is 0 Å². The normalized spacial score (nSPS) is 18.6. The van der Waals surface area contributed by atoms with E-state index >= 15 is 0 Å². The zero-order chi connectivity index (χ0) is 13.1. The minimum atomic E-state index is -0.0251. The molecule has 1 fully saturated rings. The Morgan fingerprint density at radius 2 is 2.26 bits per heavy atom. The molecule has 0 bridgehead atoms. The maximum Gasteiger partial charge on any atom is 0.237 e. The Balaban J connectivity index is 1.73. The van der Waals surface area contributed by atoms with Gasteiger partial charge in [-0.25, -0.2) is 0 Å². The molecule has 3 rings (SSSR count). The smallest absolute Gasteiger partial charge is 0.237 e. The lowest BCUT2D eigenvalue weighted by atomic mass is 10.1. The number of pyridine rings is 1. The SMILES string of the molecule is O=C(NCc1cccc2cccnc12)[C@@H]1CCCN1. The Labute approximate surface area is 112 Å². The molecule has 0 saturated carbocycles. The van der Waals surface area contributed by atoms with Crippen molar-refractivity contribution in [1.82, 2.24) is 15.6 Å². The second-order valence-corrected chi connectivity index (χ2v) is 4.86. The highest BCUT2D eigenvalue weighted by Crippen LogP contribution is 2.15. The number of rotatable bonds is 3. The highest BCUT2D eigenvalue weighted by atomic mass is 16.2. The van der Waals surface area contributed by atoms with Crippen molar-refractivity contribution < 1.29 is 4.79 Å². The second-order valence-electron chi connectivity index (χ2n) is 4.86. The van der Waals surface area contributed by atoms with E-state index in [1.807, 2.05) is 30.3 Å². The molecule has 0 spiro atoms. The number of para-hydroxylation sites is 1. The van der Waals surface area contributed by atoms with Gasteiger partial charge < -0.3 is 10.6 Å². The number of hydrogen-bond donors (Lipinski definition) is 2. The molecule has 0 aliphatic carbocycles. The van der Waals surface area contributed by atoms with Gasteiger partial charge in [-0.1, -0.05) is 24.3 Å². The Bertz CT molecular complexity index is 585. The second kappa shape index (κ2) is 5.36. The van der Waals surface area contributed by atoms with E-state index in [0.717, 1.165) is 35.9 Å². The topological polar surface area (TPSA) is 54.0 Å². The van der Waals surface area contributed by atoms with E-state index in [-0.39, 0.29) is 11.9 Å². The molecule has 1 aromatic heterocycles. The minimum absolute atomic E-state index is 0.0251. The summed E-state index contributed by atoms with van der Waals surface area (Å²) in [6.45, 7) is 1.47. The molecule has 2 heterocycles. The summed E-state index contributed by atoms with van der Waals surface area (Å²) in [5.41, 5.74) is 2.02. The Morgan fingerprint density at radius 1 is 1.37 bits per heavy atom. The van der Waals surface area contributed by atoms with E-state index in [1.165, 1.54) is 0 Å². The first-order valence-electron chi connectivity index (χ1n) is 6.68. The number of aromatic nitrogens is 1. The Kier molecular flexibility index (Phi) is 3.42. The van der Waals surface area contributed by atoms with Crippen molar-refractivity contribution in [1.29, 1.82) is 0 Å². The number of benzene rings is 1. The molecule has 1 amide bonds. The highest BCUT2D eigenvalue weighted by Gasteiger charge is 2.21. The number of nitrogens with one attached hydrogen (secondary N) is 2. The van der Waals surface area contributed by atoms with Crippen LogP contribution in [0.25, 0.3) is 10.9 Å². The maximum absolute atomic E-state index is 12.0. The van der Waals surface area contributed by atoms with E-state index in [1.54, 1.807) is 6.20 Å². The lowest BCUT2D eigenvalue weighted by Crippen LogP contribution is -2.40. The first-order chi connectivity index (χ1) is 9.34. The molecular weight excluding hydrogens is 238 g/mol. The van der Waals surface area contributed by atoms with Crippen LogP contribution in [-0.2, 0) is 11.3 Å². The van der Waals surface area contributed by atoms with Gasteiger partial charge in [0.2, 0.25) is 5.91 Å². The summed E-state index contributed by atoms with van der Waals surface area (Å²) in [5.74, 6) is 0.0884. The fourth-order valence-corrected chi connectivity index (χ4v) is 2.52. The van der Waals surface area contributed by atoms with Gasteiger partial charge in [-0.2, -0.15) is 0 Å². The molecular formula is C15H17N3O. The van der Waals surface area contributed by atoms with Crippen LogP contribution < -0.4 is 10.6 Å². The molecule has 0 radical (unpaired) electrons. The van der Waals surface area contributed by atoms with Crippen molar-refractivity contribution in [3.63, 3.8) is 0 Å². The first kappa shape index (κ1) is 12.1. The lowest BCUT2D eigenvalue weighted by molar-refractivity contribution is -0.122. The van der Waals surface area contributed by atoms with Gasteiger partial charge in [-0.05, 0) is 31.0 Å². The standard InChI is InChI=1S/C15H17N3O/c19-15(13-7-3-8-16-13)18-10-12-5-1-4-11-6-2-9-17-14(11)12/h1-2,4-6,9,13,16H,3,7-8,10H2,(H,18,19)/t13-/m0/s1. The van der Waals surface area contributed by atoms with E-state index in [0.29, 0.717) is 6.54 Å². The summed E-state index contributed by atoms with van der Waals surface area (Å²) in [6.07, 6.45) is 3.79. The molecule has 1 saturated heterocycles. The number of fused-ring (bicyclic) bond motifs is 1. The van der Waals surface area contributed by atoms with Crippen molar-refractivity contribution in [2.45, 2.75) is 25.4 Å². The van der Waals surface area contributed by atoms with Crippen molar-refractivity contribution in [2.75, 3.05) is 6.54 Å². The van der Waals surface area contributed by atoms with Crippen LogP contribution in [0, 0.1) is 0 Å². The minimum Gasteiger partial charge on any atom is -0.351 e. The average Bonchev–Trinajstić information content (AvgIpc) is 2.99. The number of carbonyl (C=O) groups is 1. The zero-order valence-electron chi connectivity index (χ0n) is 10.7. The quantitative estimate of drug-likeness (QED) is 0.876. The van der Waals surface area contributed by atoms with Gasteiger partial charge in [-0.3, -0.25) is 9.78 Å². The molecule has 98 valence electrons. The van der Waals surface area contributed by atoms with Crippen LogP contribution in [0.3, 0.4) is 0 Å². The van der Waals surface area contributed by atoms with Crippen LogP contribution >= 0.6 is 0 Å². The molecule has 1 aromatic carbocycles. The van der Waals surface area contributed by atoms with Crippen molar-refractivity contribution in [3.8, 4) is 0 Å². The Hall–Kier alpha value is -1.94. The molecule has 2 N–H and O–H groups in total. The molecule has 1 aliphatic heterocycles. The fourth-order valence-electron chi connectivity index (χ4n) is 2.52. The lowest BCUT2D eigenvalue weighted by Gasteiger charge is -2.12. The number of nitrogens with zero attached hydrogens (tertiary/aromatic N) is 1. The van der Waals surface area contributed by atoms with Gasteiger partial charge in [0, 0.05) is 18.1 Å². The van der Waals surface area contributed by atoms with Crippen LogP contribution in [0.2, 0.25) is 0 Å². The van der Waals surface area contributed by atoms with Gasteiger partial charge in [0.1, 0.15) is 0 Å². The number of amides is 1. The summed E-state index contributed by atoms with van der Waals surface area (Å²) in [4.78, 5) is 16.4. The molecule has 19 heavy (non-hydrogen) atoms. The summed E-state index contributed by atoms with van der Waals surface area (Å²) in [7, 11) is 0. The van der Waals surface area contributed by atoms with E-state index in [4.69, 9.17) is 0 Å². The van der Waals surface area contributed by atoms with Gasteiger partial charge in [0.25, 0.3) is 0 Å². The number of hydrogen-bond acceptors (Lipinski definition) is 3. The van der Waals surface area contributed by atoms with E-state index in [2.05, 4.69) is 15.6 Å². The molecule has 0 unspecified atom stereocenters. The molecule has 4 nitrogen and oxygen atoms in total. The van der Waals surface area contributed by atoms with Crippen LogP contribution in [0.15, 0.2) is 36.5 Å². The third-order valence-electron chi connectivity index (χ3n) is 3.55. The van der Waals surface area contributed by atoms with Crippen LogP contribution in [-0.4, -0.2) is 23.5 Å². The van der Waals surface area contributed by atoms with Crippen LogP contribution in [0.4, 0.5) is 0 Å². The summed E-state index contributed by atoms with van der Waals surface area (Å²) < 4.78 is 0. The van der Waals surface area contributed by atoms with Gasteiger partial charge in [0.05, 0.1) is 11.6 Å². The maximum atomic E-state index is 12.0. The Morgan fingerprint density at radius 3 is 3.11 bits per heavy atom. The summed E-state index contributed by atoms with van der Waals surface area (Å²) >= 11 is 0. The van der Waals surface area contributed by atoms with E-state index in [9.17, 15) is 4.79 Å². The largest absolute Gasteiger partial charge is 0.351 e. The van der Waals surface area contributed by atoms with Crippen molar-refractivity contribution in [3.05, 3.63) is 42.1 Å². The monoisotopic (exact) mass is 255 g/mol. The molecule has 1 atom stereocenters. The third kappa shape index (κ3) is 2.58. The van der Waals surface area contributed by atoms with Gasteiger partial charge in [-0.15, -0.1) is 0 Å². The molecule has 2 aromatic rings. The average molecular weight is 255 g/mol. The van der Waals surface area contributed by atoms with Crippen molar-refractivity contribution >= 4 is 16.8 Å². The first-order valence-corrected chi connectivity index (χ1v) is 6.68. The van der Waals surface area contributed by atoms with Gasteiger partial charge >= 0.3 is 0 Å². The van der Waals surface area contributed by atoms with Crippen LogP contribution in [0.5, 0.6) is 0 Å². The summed E-state index contributed by atoms with van der Waals surface area (Å²) in [5, 5.41) is 7.30. The predicted molar refractivity (Wildman–Crippen MR) is 74.6 cm³/mol. The predicted octanol–water partition coefficient (Wildman–Crippen LogP) is 1.60. The van der Waals surface area contributed by atoms with Crippen molar-refractivity contribution in [2.24, 2.45) is 0 Å². The zero-order valence-corrected chi connectivity index (χ0v) is 10.7. The highest BCUT2D eigenvalue weighted by molar-refractivity contribution is 5.84.